The van der Waals surface area contributed by atoms with Gasteiger partial charge in [-0.05, 0) is 33.2 Å². The van der Waals surface area contributed by atoms with Gasteiger partial charge < -0.3 is 19.3 Å². The van der Waals surface area contributed by atoms with Gasteiger partial charge in [-0.25, -0.2) is 0 Å². The Balaban J connectivity index is 2.23. The highest BCUT2D eigenvalue weighted by atomic mass is 16.5. The number of likely N-dealkylation sites (N-methyl/N-ethyl adjacent to an activating group) is 1. The van der Waals surface area contributed by atoms with E-state index >= 15 is 0 Å². The summed E-state index contributed by atoms with van der Waals surface area (Å²) in [5, 5.41) is 7.51. The molecule has 0 spiro atoms. The van der Waals surface area contributed by atoms with E-state index in [1.54, 1.807) is 0 Å². The highest BCUT2D eigenvalue weighted by Crippen LogP contribution is 2.33. The van der Waals surface area contributed by atoms with E-state index < -0.39 is 5.60 Å². The monoisotopic (exact) mass is 297 g/mol. The summed E-state index contributed by atoms with van der Waals surface area (Å²) in [6.07, 6.45) is 2.61. The average molecular weight is 297 g/mol. The van der Waals surface area contributed by atoms with Crippen molar-refractivity contribution in [1.29, 1.82) is 0 Å². The molecular weight excluding hydrogens is 270 g/mol. The second-order valence-corrected chi connectivity index (χ2v) is 5.46. The fourth-order valence-electron chi connectivity index (χ4n) is 3.01. The van der Waals surface area contributed by atoms with Gasteiger partial charge in [-0.15, -0.1) is 0 Å². The van der Waals surface area contributed by atoms with Crippen LogP contribution in [-0.2, 0) is 15.1 Å². The summed E-state index contributed by atoms with van der Waals surface area (Å²) >= 11 is 0. The first-order chi connectivity index (χ1) is 10.2. The van der Waals surface area contributed by atoms with E-state index in [-0.39, 0.29) is 5.92 Å². The van der Waals surface area contributed by atoms with Crippen LogP contribution in [0.25, 0.3) is 0 Å². The number of nitrogens with one attached hydrogen (secondary N) is 1. The Hall–Kier alpha value is -0.980. The molecule has 1 N–H and O–H groups in total. The predicted octanol–water partition coefficient (Wildman–Crippen LogP) is 2.21. The molecule has 0 aromatic carbocycles. The van der Waals surface area contributed by atoms with Crippen LogP contribution in [0.2, 0.25) is 0 Å². The summed E-state index contributed by atoms with van der Waals surface area (Å²) in [7, 11) is 1.96. The van der Waals surface area contributed by atoms with Gasteiger partial charge in [-0.3, -0.25) is 0 Å². The summed E-state index contributed by atoms with van der Waals surface area (Å²) in [4.78, 5) is 4.64. The van der Waals surface area contributed by atoms with E-state index in [0.717, 1.165) is 25.9 Å². The van der Waals surface area contributed by atoms with Crippen LogP contribution in [0.5, 0.6) is 0 Å². The first-order valence-corrected chi connectivity index (χ1v) is 7.93. The van der Waals surface area contributed by atoms with Gasteiger partial charge in [0.05, 0.1) is 12.5 Å². The molecule has 1 aliphatic rings. The lowest BCUT2D eigenvalue weighted by Crippen LogP contribution is -2.39. The Morgan fingerprint density at radius 1 is 1.33 bits per heavy atom. The maximum Gasteiger partial charge on any atom is 0.233 e. The summed E-state index contributed by atoms with van der Waals surface area (Å²) in [6.45, 7) is 8.21. The number of rotatable bonds is 7. The van der Waals surface area contributed by atoms with Gasteiger partial charge in [0.15, 0.2) is 0 Å². The molecule has 2 atom stereocenters. The Labute approximate surface area is 126 Å². The van der Waals surface area contributed by atoms with Crippen molar-refractivity contribution < 1.29 is 14.0 Å². The third-order valence-corrected chi connectivity index (χ3v) is 4.46. The molecule has 1 saturated heterocycles. The number of ether oxygens (including phenoxy) is 2. The van der Waals surface area contributed by atoms with Crippen molar-refractivity contribution in [3.8, 4) is 0 Å². The molecule has 21 heavy (non-hydrogen) atoms. The van der Waals surface area contributed by atoms with Crippen LogP contribution < -0.4 is 5.32 Å². The van der Waals surface area contributed by atoms with E-state index in [4.69, 9.17) is 14.0 Å². The van der Waals surface area contributed by atoms with Crippen LogP contribution >= 0.6 is 0 Å². The standard InChI is InChI=1S/C15H27N3O3/c1-5-15(6-2,20-7-3)14-17-13(21-18-14)11-10-19-9-8-12(11)16-4/h11-12,16H,5-10H2,1-4H3. The first kappa shape index (κ1) is 16.4. The fraction of sp³-hybridized carbons (Fsp3) is 0.867. The average Bonchev–Trinajstić information content (AvgIpc) is 3.03. The molecule has 1 aromatic rings. The quantitative estimate of drug-likeness (QED) is 0.832. The lowest BCUT2D eigenvalue weighted by atomic mass is 9.94. The minimum Gasteiger partial charge on any atom is -0.381 e. The zero-order valence-corrected chi connectivity index (χ0v) is 13.5. The third kappa shape index (κ3) is 3.27. The molecule has 0 amide bonds. The number of nitrogens with zero attached hydrogens (tertiary/aromatic N) is 2. The third-order valence-electron chi connectivity index (χ3n) is 4.46. The van der Waals surface area contributed by atoms with Gasteiger partial charge in [0.1, 0.15) is 5.60 Å². The lowest BCUT2D eigenvalue weighted by Gasteiger charge is -2.29. The number of hydrogen-bond donors (Lipinski definition) is 1. The van der Waals surface area contributed by atoms with Gasteiger partial charge in [-0.2, -0.15) is 4.98 Å². The summed E-state index contributed by atoms with van der Waals surface area (Å²) < 4.78 is 17.0. The molecule has 6 nitrogen and oxygen atoms in total. The molecule has 1 aliphatic heterocycles. The minimum absolute atomic E-state index is 0.109. The minimum atomic E-state index is -0.443. The second kappa shape index (κ2) is 7.33. The maximum absolute atomic E-state index is 5.94. The van der Waals surface area contributed by atoms with Gasteiger partial charge in [-0.1, -0.05) is 19.0 Å². The maximum atomic E-state index is 5.94. The molecule has 1 aromatic heterocycles. The van der Waals surface area contributed by atoms with E-state index in [1.165, 1.54) is 0 Å². The normalized spacial score (nSPS) is 23.4. The molecular formula is C15H27N3O3. The van der Waals surface area contributed by atoms with Crippen LogP contribution in [-0.4, -0.2) is 43.1 Å². The van der Waals surface area contributed by atoms with Crippen LogP contribution in [0.15, 0.2) is 4.52 Å². The Kier molecular flexibility index (Phi) is 5.72. The van der Waals surface area contributed by atoms with Crippen molar-refractivity contribution >= 4 is 0 Å². The molecule has 0 saturated carbocycles. The van der Waals surface area contributed by atoms with E-state index in [2.05, 4.69) is 29.3 Å². The topological polar surface area (TPSA) is 69.4 Å². The molecule has 0 bridgehead atoms. The van der Waals surface area contributed by atoms with Crippen molar-refractivity contribution in [3.63, 3.8) is 0 Å². The van der Waals surface area contributed by atoms with Crippen molar-refractivity contribution in [2.24, 2.45) is 0 Å². The SMILES string of the molecule is CCOC(CC)(CC)c1noc(C2COCCC2NC)n1. The van der Waals surface area contributed by atoms with Crippen LogP contribution in [0.3, 0.4) is 0 Å². The zero-order chi connectivity index (χ0) is 15.3. The first-order valence-electron chi connectivity index (χ1n) is 7.93. The fourth-order valence-corrected chi connectivity index (χ4v) is 3.01. The molecule has 0 radical (unpaired) electrons. The van der Waals surface area contributed by atoms with Crippen molar-refractivity contribution in [3.05, 3.63) is 11.7 Å². The van der Waals surface area contributed by atoms with Crippen molar-refractivity contribution in [1.82, 2.24) is 15.5 Å². The Morgan fingerprint density at radius 2 is 2.10 bits per heavy atom. The smallest absolute Gasteiger partial charge is 0.233 e. The molecule has 0 aliphatic carbocycles. The highest BCUT2D eigenvalue weighted by molar-refractivity contribution is 5.06. The number of hydrogen-bond acceptors (Lipinski definition) is 6. The summed E-state index contributed by atoms with van der Waals surface area (Å²) in [6, 6.07) is 0.316. The van der Waals surface area contributed by atoms with Crippen LogP contribution in [0.1, 0.15) is 57.7 Å². The van der Waals surface area contributed by atoms with Crippen LogP contribution in [0, 0.1) is 0 Å². The summed E-state index contributed by atoms with van der Waals surface area (Å²) in [5.74, 6) is 1.41. The van der Waals surface area contributed by atoms with Gasteiger partial charge >= 0.3 is 0 Å². The highest BCUT2D eigenvalue weighted by Gasteiger charge is 2.37. The van der Waals surface area contributed by atoms with E-state index in [0.29, 0.717) is 31.0 Å². The zero-order valence-electron chi connectivity index (χ0n) is 13.5. The van der Waals surface area contributed by atoms with Crippen molar-refractivity contribution in [2.45, 2.75) is 57.6 Å². The molecule has 120 valence electrons. The van der Waals surface area contributed by atoms with Gasteiger partial charge in [0.25, 0.3) is 0 Å². The second-order valence-electron chi connectivity index (χ2n) is 5.46. The summed E-state index contributed by atoms with van der Waals surface area (Å²) in [5.41, 5.74) is -0.443. The molecule has 2 heterocycles. The Morgan fingerprint density at radius 3 is 2.71 bits per heavy atom. The lowest BCUT2D eigenvalue weighted by molar-refractivity contribution is -0.0583. The van der Waals surface area contributed by atoms with E-state index in [9.17, 15) is 0 Å². The predicted molar refractivity (Wildman–Crippen MR) is 79.2 cm³/mol. The largest absolute Gasteiger partial charge is 0.381 e. The molecule has 1 fully saturated rings. The Bertz CT molecular complexity index is 432. The van der Waals surface area contributed by atoms with Gasteiger partial charge in [0.2, 0.25) is 11.7 Å². The van der Waals surface area contributed by atoms with Crippen LogP contribution in [0.4, 0.5) is 0 Å². The molecule has 6 heteroatoms. The number of aromatic nitrogens is 2. The molecule has 2 unspecified atom stereocenters. The van der Waals surface area contributed by atoms with Gasteiger partial charge in [0, 0.05) is 19.3 Å². The molecule has 2 rings (SSSR count). The van der Waals surface area contributed by atoms with Crippen molar-refractivity contribution in [2.75, 3.05) is 26.9 Å². The van der Waals surface area contributed by atoms with E-state index in [1.807, 2.05) is 14.0 Å².